The first-order chi connectivity index (χ1) is 12.8. The number of hydrogen-bond donors (Lipinski definition) is 1. The Morgan fingerprint density at radius 1 is 1.07 bits per heavy atom. The summed E-state index contributed by atoms with van der Waals surface area (Å²) in [5, 5.41) is 5.18. The first-order valence-corrected chi connectivity index (χ1v) is 9.13. The number of thiazole rings is 1. The van der Waals surface area contributed by atoms with E-state index in [9.17, 15) is 18.0 Å². The summed E-state index contributed by atoms with van der Waals surface area (Å²) in [5.41, 5.74) is 2.66. The lowest BCUT2D eigenvalue weighted by Gasteiger charge is -2.06. The Bertz CT molecular complexity index is 916. The molecule has 1 N–H and O–H groups in total. The maximum atomic E-state index is 12.6. The highest BCUT2D eigenvalue weighted by atomic mass is 32.1. The second-order valence-electron chi connectivity index (χ2n) is 6.16. The number of carbonyl (C=O) groups excluding carboxylic acids is 1. The summed E-state index contributed by atoms with van der Waals surface area (Å²) in [5.74, 6) is -0.153. The molecule has 0 aliphatic carbocycles. The van der Waals surface area contributed by atoms with E-state index in [1.165, 1.54) is 23.5 Å². The number of hydrogen-bond acceptors (Lipinski definition) is 3. The van der Waals surface area contributed by atoms with Gasteiger partial charge in [-0.3, -0.25) is 4.79 Å². The lowest BCUT2D eigenvalue weighted by molar-refractivity contribution is -0.137. The molecule has 1 amide bonds. The summed E-state index contributed by atoms with van der Waals surface area (Å²) in [7, 11) is 0. The summed E-state index contributed by atoms with van der Waals surface area (Å²) in [6.07, 6.45) is -4.23. The van der Waals surface area contributed by atoms with Gasteiger partial charge in [0.25, 0.3) is 0 Å². The van der Waals surface area contributed by atoms with E-state index < -0.39 is 11.7 Å². The first kappa shape index (κ1) is 19.1. The van der Waals surface area contributed by atoms with Gasteiger partial charge in [0.2, 0.25) is 5.91 Å². The summed E-state index contributed by atoms with van der Waals surface area (Å²) < 4.78 is 37.9. The number of nitrogens with zero attached hydrogens (tertiary/aromatic N) is 1. The molecule has 0 unspecified atom stereocenters. The van der Waals surface area contributed by atoms with E-state index >= 15 is 0 Å². The fraction of sp³-hybridized carbons (Fsp3) is 0.200. The van der Waals surface area contributed by atoms with Crippen LogP contribution in [0.25, 0.3) is 10.6 Å². The first-order valence-electron chi connectivity index (χ1n) is 8.25. The number of benzene rings is 2. The van der Waals surface area contributed by atoms with E-state index in [4.69, 9.17) is 0 Å². The highest BCUT2D eigenvalue weighted by Crippen LogP contribution is 2.31. The Kier molecular flexibility index (Phi) is 5.60. The van der Waals surface area contributed by atoms with Crippen molar-refractivity contribution in [3.63, 3.8) is 0 Å². The van der Waals surface area contributed by atoms with Crippen molar-refractivity contribution < 1.29 is 18.0 Å². The van der Waals surface area contributed by atoms with Crippen LogP contribution in [0.3, 0.4) is 0 Å². The van der Waals surface area contributed by atoms with Crippen LogP contribution in [-0.2, 0) is 23.9 Å². The predicted molar refractivity (Wildman–Crippen MR) is 99.3 cm³/mol. The van der Waals surface area contributed by atoms with Crippen LogP contribution in [0.15, 0.2) is 53.9 Å². The Balaban J connectivity index is 1.58. The molecule has 0 atom stereocenters. The third kappa shape index (κ3) is 5.17. The zero-order chi connectivity index (χ0) is 19.4. The Morgan fingerprint density at radius 2 is 1.74 bits per heavy atom. The molecule has 140 valence electrons. The molecule has 3 nitrogen and oxygen atoms in total. The van der Waals surface area contributed by atoms with E-state index in [2.05, 4.69) is 10.3 Å². The number of aromatic nitrogens is 1. The third-order valence-corrected chi connectivity index (χ3v) is 4.90. The van der Waals surface area contributed by atoms with Crippen molar-refractivity contribution in [3.05, 3.63) is 76.3 Å². The van der Waals surface area contributed by atoms with Crippen molar-refractivity contribution in [2.75, 3.05) is 0 Å². The Labute approximate surface area is 158 Å². The zero-order valence-electron chi connectivity index (χ0n) is 14.5. The summed E-state index contributed by atoms with van der Waals surface area (Å²) in [4.78, 5) is 16.4. The number of rotatable bonds is 5. The normalized spacial score (nSPS) is 11.4. The van der Waals surface area contributed by atoms with Crippen molar-refractivity contribution in [2.24, 2.45) is 0 Å². The average Bonchev–Trinajstić information content (AvgIpc) is 3.09. The van der Waals surface area contributed by atoms with Crippen molar-refractivity contribution in [2.45, 2.75) is 26.1 Å². The monoisotopic (exact) mass is 390 g/mol. The molecule has 0 fully saturated rings. The second-order valence-corrected chi connectivity index (χ2v) is 7.02. The minimum atomic E-state index is -4.36. The van der Waals surface area contributed by atoms with Gasteiger partial charge in [-0.05, 0) is 24.6 Å². The van der Waals surface area contributed by atoms with Gasteiger partial charge in [0.05, 0.1) is 17.7 Å². The minimum Gasteiger partial charge on any atom is -0.352 e. The minimum absolute atomic E-state index is 0.128. The molecule has 0 radical (unpaired) electrons. The average molecular weight is 390 g/mol. The molecule has 0 bridgehead atoms. The standard InChI is InChI=1S/C20H17F3N2OS/c1-13-2-4-14(5-3-13)11-24-18(26)10-17-12-27-19(25-17)15-6-8-16(9-7-15)20(21,22)23/h2-9,12H,10-11H2,1H3,(H,24,26). The van der Waals surface area contributed by atoms with Crippen LogP contribution in [0.1, 0.15) is 22.4 Å². The SMILES string of the molecule is Cc1ccc(CNC(=O)Cc2csc(-c3ccc(C(F)(F)F)cc3)n2)cc1. The number of nitrogens with one attached hydrogen (secondary N) is 1. The largest absolute Gasteiger partial charge is 0.416 e. The molecule has 2 aromatic carbocycles. The number of alkyl halides is 3. The van der Waals surface area contributed by atoms with Gasteiger partial charge in [-0.1, -0.05) is 42.0 Å². The quantitative estimate of drug-likeness (QED) is 0.666. The molecule has 1 heterocycles. The molecule has 7 heteroatoms. The van der Waals surface area contributed by atoms with Gasteiger partial charge >= 0.3 is 6.18 Å². The lowest BCUT2D eigenvalue weighted by atomic mass is 10.1. The number of amides is 1. The van der Waals surface area contributed by atoms with Gasteiger partial charge in [0.1, 0.15) is 5.01 Å². The van der Waals surface area contributed by atoms with Crippen LogP contribution in [0.2, 0.25) is 0 Å². The number of aryl methyl sites for hydroxylation is 1. The summed E-state index contributed by atoms with van der Waals surface area (Å²) in [6.45, 7) is 2.44. The smallest absolute Gasteiger partial charge is 0.352 e. The topological polar surface area (TPSA) is 42.0 Å². The summed E-state index contributed by atoms with van der Waals surface area (Å²) in [6, 6.07) is 12.7. The molecule has 3 aromatic rings. The van der Waals surface area contributed by atoms with Gasteiger partial charge in [-0.2, -0.15) is 13.2 Å². The second kappa shape index (κ2) is 7.92. The maximum Gasteiger partial charge on any atom is 0.416 e. The highest BCUT2D eigenvalue weighted by Gasteiger charge is 2.30. The molecule has 0 spiro atoms. The fourth-order valence-corrected chi connectivity index (χ4v) is 3.28. The molecule has 0 aliphatic heterocycles. The van der Waals surface area contributed by atoms with Crippen LogP contribution in [0, 0.1) is 6.92 Å². The number of halogens is 3. The Morgan fingerprint density at radius 3 is 2.37 bits per heavy atom. The molecule has 0 saturated carbocycles. The van der Waals surface area contributed by atoms with Crippen molar-refractivity contribution in [1.82, 2.24) is 10.3 Å². The third-order valence-electron chi connectivity index (χ3n) is 3.96. The van der Waals surface area contributed by atoms with Crippen molar-refractivity contribution in [1.29, 1.82) is 0 Å². The number of carbonyl (C=O) groups is 1. The van der Waals surface area contributed by atoms with Crippen LogP contribution in [-0.4, -0.2) is 10.9 Å². The van der Waals surface area contributed by atoms with E-state index in [-0.39, 0.29) is 12.3 Å². The van der Waals surface area contributed by atoms with Gasteiger partial charge < -0.3 is 5.32 Å². The molecular weight excluding hydrogens is 373 g/mol. The van der Waals surface area contributed by atoms with Crippen molar-refractivity contribution in [3.8, 4) is 10.6 Å². The van der Waals surface area contributed by atoms with E-state index in [1.807, 2.05) is 31.2 Å². The summed E-state index contributed by atoms with van der Waals surface area (Å²) >= 11 is 1.30. The van der Waals surface area contributed by atoms with E-state index in [0.29, 0.717) is 22.8 Å². The maximum absolute atomic E-state index is 12.6. The zero-order valence-corrected chi connectivity index (χ0v) is 15.3. The van der Waals surface area contributed by atoms with Gasteiger partial charge in [-0.15, -0.1) is 11.3 Å². The van der Waals surface area contributed by atoms with E-state index in [1.54, 1.807) is 5.38 Å². The van der Waals surface area contributed by atoms with Crippen LogP contribution in [0.5, 0.6) is 0 Å². The Hall–Kier alpha value is -2.67. The van der Waals surface area contributed by atoms with Gasteiger partial charge in [0.15, 0.2) is 0 Å². The lowest BCUT2D eigenvalue weighted by Crippen LogP contribution is -2.24. The molecule has 27 heavy (non-hydrogen) atoms. The molecule has 0 aliphatic rings. The van der Waals surface area contributed by atoms with Gasteiger partial charge in [0, 0.05) is 17.5 Å². The van der Waals surface area contributed by atoms with Crippen molar-refractivity contribution >= 4 is 17.2 Å². The molecule has 3 rings (SSSR count). The fourth-order valence-electron chi connectivity index (χ4n) is 2.46. The van der Waals surface area contributed by atoms with Crippen LogP contribution in [0.4, 0.5) is 13.2 Å². The molecule has 0 saturated heterocycles. The van der Waals surface area contributed by atoms with Crippen LogP contribution < -0.4 is 5.32 Å². The molecular formula is C20H17F3N2OS. The predicted octanol–water partition coefficient (Wildman–Crippen LogP) is 5.00. The van der Waals surface area contributed by atoms with Crippen LogP contribution >= 0.6 is 11.3 Å². The molecule has 1 aromatic heterocycles. The van der Waals surface area contributed by atoms with E-state index in [0.717, 1.165) is 23.3 Å². The van der Waals surface area contributed by atoms with Gasteiger partial charge in [-0.25, -0.2) is 4.98 Å². The highest BCUT2D eigenvalue weighted by molar-refractivity contribution is 7.13.